The van der Waals surface area contributed by atoms with Gasteiger partial charge in [-0.25, -0.2) is 4.98 Å². The first-order valence-electron chi connectivity index (χ1n) is 7.18. The van der Waals surface area contributed by atoms with Gasteiger partial charge in [-0.2, -0.15) is 0 Å². The summed E-state index contributed by atoms with van der Waals surface area (Å²) in [6.45, 7) is 4.09. The minimum absolute atomic E-state index is 0.577. The van der Waals surface area contributed by atoms with Crippen LogP contribution in [-0.4, -0.2) is 35.8 Å². The summed E-state index contributed by atoms with van der Waals surface area (Å²) in [5, 5.41) is 11.6. The van der Waals surface area contributed by atoms with E-state index in [1.807, 2.05) is 25.3 Å². The second-order valence-electron chi connectivity index (χ2n) is 5.39. The third-order valence-corrected chi connectivity index (χ3v) is 4.81. The first-order chi connectivity index (χ1) is 10.6. The van der Waals surface area contributed by atoms with Crippen LogP contribution in [0.15, 0.2) is 18.3 Å². The zero-order chi connectivity index (χ0) is 15.7. The number of aliphatic hydroxyl groups is 1. The molecule has 0 saturated carbocycles. The first-order valence-corrected chi connectivity index (χ1v) is 7.99. The van der Waals surface area contributed by atoms with Crippen molar-refractivity contribution in [2.75, 3.05) is 20.8 Å². The SMILES string of the molecule is COc1ccc(OC)c2c1CN(Cc1cnc(C)s1)CC2O. The zero-order valence-corrected chi connectivity index (χ0v) is 13.8. The quantitative estimate of drug-likeness (QED) is 0.938. The van der Waals surface area contributed by atoms with Crippen molar-refractivity contribution in [1.29, 1.82) is 0 Å². The number of rotatable bonds is 4. The number of hydrogen-bond donors (Lipinski definition) is 1. The molecular weight excluding hydrogens is 300 g/mol. The second kappa shape index (κ2) is 6.24. The van der Waals surface area contributed by atoms with Gasteiger partial charge >= 0.3 is 0 Å². The number of aryl methyl sites for hydroxylation is 1. The molecule has 1 aromatic carbocycles. The molecule has 1 atom stereocenters. The molecule has 3 rings (SSSR count). The minimum atomic E-state index is -0.581. The Morgan fingerprint density at radius 1 is 1.32 bits per heavy atom. The zero-order valence-electron chi connectivity index (χ0n) is 13.0. The van der Waals surface area contributed by atoms with E-state index < -0.39 is 6.10 Å². The summed E-state index contributed by atoms with van der Waals surface area (Å²) in [5.41, 5.74) is 1.85. The maximum absolute atomic E-state index is 10.6. The minimum Gasteiger partial charge on any atom is -0.496 e. The molecule has 0 spiro atoms. The number of nitrogens with zero attached hydrogens (tertiary/aromatic N) is 2. The molecule has 0 amide bonds. The fourth-order valence-electron chi connectivity index (χ4n) is 2.96. The van der Waals surface area contributed by atoms with Crippen molar-refractivity contribution in [3.63, 3.8) is 0 Å². The van der Waals surface area contributed by atoms with E-state index in [0.29, 0.717) is 6.54 Å². The van der Waals surface area contributed by atoms with Crippen molar-refractivity contribution in [2.45, 2.75) is 26.1 Å². The van der Waals surface area contributed by atoms with Crippen molar-refractivity contribution in [2.24, 2.45) is 0 Å². The fraction of sp³-hybridized carbons (Fsp3) is 0.438. The molecule has 1 aromatic heterocycles. The Morgan fingerprint density at radius 3 is 2.68 bits per heavy atom. The van der Waals surface area contributed by atoms with Gasteiger partial charge in [-0.05, 0) is 19.1 Å². The van der Waals surface area contributed by atoms with Crippen LogP contribution >= 0.6 is 11.3 Å². The highest BCUT2D eigenvalue weighted by atomic mass is 32.1. The summed E-state index contributed by atoms with van der Waals surface area (Å²) in [6, 6.07) is 3.74. The van der Waals surface area contributed by atoms with E-state index in [0.717, 1.165) is 40.7 Å². The maximum Gasteiger partial charge on any atom is 0.125 e. The molecule has 118 valence electrons. The van der Waals surface area contributed by atoms with Crippen LogP contribution in [0.4, 0.5) is 0 Å². The number of thiazole rings is 1. The van der Waals surface area contributed by atoms with Crippen LogP contribution in [0.25, 0.3) is 0 Å². The fourth-order valence-corrected chi connectivity index (χ4v) is 3.80. The van der Waals surface area contributed by atoms with Gasteiger partial charge in [0.25, 0.3) is 0 Å². The van der Waals surface area contributed by atoms with Crippen molar-refractivity contribution in [3.05, 3.63) is 39.3 Å². The molecule has 1 N–H and O–H groups in total. The predicted molar refractivity (Wildman–Crippen MR) is 85.5 cm³/mol. The van der Waals surface area contributed by atoms with Crippen LogP contribution in [0, 0.1) is 6.92 Å². The topological polar surface area (TPSA) is 54.8 Å². The normalized spacial score (nSPS) is 18.1. The molecule has 0 fully saturated rings. The number of fused-ring (bicyclic) bond motifs is 1. The van der Waals surface area contributed by atoms with Gasteiger partial charge in [0.1, 0.15) is 11.5 Å². The monoisotopic (exact) mass is 320 g/mol. The summed E-state index contributed by atoms with van der Waals surface area (Å²) >= 11 is 1.69. The highest BCUT2D eigenvalue weighted by molar-refractivity contribution is 7.11. The van der Waals surface area contributed by atoms with Gasteiger partial charge in [0.2, 0.25) is 0 Å². The molecule has 1 aliphatic heterocycles. The third-order valence-electron chi connectivity index (χ3n) is 3.91. The Balaban J connectivity index is 1.90. The molecule has 5 nitrogen and oxygen atoms in total. The summed E-state index contributed by atoms with van der Waals surface area (Å²) in [7, 11) is 3.28. The average Bonchev–Trinajstić information content (AvgIpc) is 2.91. The van der Waals surface area contributed by atoms with Crippen LogP contribution in [0.3, 0.4) is 0 Å². The van der Waals surface area contributed by atoms with Crippen molar-refractivity contribution in [1.82, 2.24) is 9.88 Å². The van der Waals surface area contributed by atoms with Gasteiger partial charge in [0.15, 0.2) is 0 Å². The Labute approximate surface area is 134 Å². The lowest BCUT2D eigenvalue weighted by molar-refractivity contribution is 0.0848. The van der Waals surface area contributed by atoms with Gasteiger partial charge in [0, 0.05) is 41.8 Å². The Hall–Kier alpha value is -1.63. The molecular formula is C16H20N2O3S. The number of aliphatic hydroxyl groups excluding tert-OH is 1. The van der Waals surface area contributed by atoms with E-state index in [9.17, 15) is 5.11 Å². The van der Waals surface area contributed by atoms with Crippen molar-refractivity contribution < 1.29 is 14.6 Å². The lowest BCUT2D eigenvalue weighted by Crippen LogP contribution is -2.33. The summed E-state index contributed by atoms with van der Waals surface area (Å²) < 4.78 is 10.9. The number of benzene rings is 1. The molecule has 0 radical (unpaired) electrons. The summed E-state index contributed by atoms with van der Waals surface area (Å²) in [4.78, 5) is 7.71. The Kier molecular flexibility index (Phi) is 4.33. The van der Waals surface area contributed by atoms with Gasteiger partial charge < -0.3 is 14.6 Å². The molecule has 1 unspecified atom stereocenters. The lowest BCUT2D eigenvalue weighted by Gasteiger charge is -2.33. The van der Waals surface area contributed by atoms with Gasteiger partial charge in [-0.15, -0.1) is 11.3 Å². The number of methoxy groups -OCH3 is 2. The Bertz CT molecular complexity index is 671. The maximum atomic E-state index is 10.6. The van der Waals surface area contributed by atoms with E-state index >= 15 is 0 Å². The van der Waals surface area contributed by atoms with Gasteiger partial charge in [-0.1, -0.05) is 0 Å². The molecule has 0 saturated heterocycles. The second-order valence-corrected chi connectivity index (χ2v) is 6.71. The highest BCUT2D eigenvalue weighted by Gasteiger charge is 2.29. The smallest absolute Gasteiger partial charge is 0.125 e. The number of hydrogen-bond acceptors (Lipinski definition) is 6. The van der Waals surface area contributed by atoms with Gasteiger partial charge in [-0.3, -0.25) is 4.90 Å². The molecule has 0 aliphatic carbocycles. The standard InChI is InChI=1S/C16H20N2O3S/c1-10-17-6-11(22-10)7-18-8-12-14(20-2)4-5-15(21-3)16(12)13(19)9-18/h4-6,13,19H,7-9H2,1-3H3. The van der Waals surface area contributed by atoms with Crippen molar-refractivity contribution in [3.8, 4) is 11.5 Å². The molecule has 0 bridgehead atoms. The van der Waals surface area contributed by atoms with E-state index in [1.165, 1.54) is 4.88 Å². The van der Waals surface area contributed by atoms with Crippen LogP contribution in [0.1, 0.15) is 27.1 Å². The largest absolute Gasteiger partial charge is 0.496 e. The molecule has 2 heterocycles. The highest BCUT2D eigenvalue weighted by Crippen LogP contribution is 2.39. The van der Waals surface area contributed by atoms with Crippen LogP contribution in [0.2, 0.25) is 0 Å². The predicted octanol–water partition coefficient (Wildman–Crippen LogP) is 2.52. The molecule has 6 heteroatoms. The number of ether oxygens (including phenoxy) is 2. The van der Waals surface area contributed by atoms with E-state index in [1.54, 1.807) is 25.6 Å². The first kappa shape index (κ1) is 15.3. The van der Waals surface area contributed by atoms with Crippen molar-refractivity contribution >= 4 is 11.3 Å². The summed E-state index contributed by atoms with van der Waals surface area (Å²) in [6.07, 6.45) is 1.33. The van der Waals surface area contributed by atoms with Crippen LogP contribution < -0.4 is 9.47 Å². The average molecular weight is 320 g/mol. The van der Waals surface area contributed by atoms with E-state index in [4.69, 9.17) is 9.47 Å². The number of β-amino-alcohol motifs (C(OH)–C–C–N with tert-alkyl or cyclic N) is 1. The van der Waals surface area contributed by atoms with Crippen LogP contribution in [0.5, 0.6) is 11.5 Å². The third kappa shape index (κ3) is 2.82. The van der Waals surface area contributed by atoms with Crippen LogP contribution in [-0.2, 0) is 13.1 Å². The Morgan fingerprint density at radius 2 is 2.05 bits per heavy atom. The lowest BCUT2D eigenvalue weighted by atomic mass is 9.95. The molecule has 22 heavy (non-hydrogen) atoms. The van der Waals surface area contributed by atoms with E-state index in [-0.39, 0.29) is 0 Å². The molecule has 2 aromatic rings. The summed E-state index contributed by atoms with van der Waals surface area (Å²) in [5.74, 6) is 1.51. The number of aromatic nitrogens is 1. The molecule has 1 aliphatic rings. The van der Waals surface area contributed by atoms with E-state index in [2.05, 4.69) is 9.88 Å². The van der Waals surface area contributed by atoms with Gasteiger partial charge in [0.05, 0.1) is 25.3 Å².